The Kier molecular flexibility index (Phi) is 6.74. The van der Waals surface area contributed by atoms with E-state index in [9.17, 15) is 22.4 Å². The van der Waals surface area contributed by atoms with E-state index in [0.717, 1.165) is 38.0 Å². The first-order valence-electron chi connectivity index (χ1n) is 9.38. The summed E-state index contributed by atoms with van der Waals surface area (Å²) in [4.78, 5) is 14.5. The van der Waals surface area contributed by atoms with Crippen molar-refractivity contribution in [3.05, 3.63) is 65.5 Å². The second kappa shape index (κ2) is 9.26. The number of nitrogens with zero attached hydrogens (tertiary/aromatic N) is 1. The highest BCUT2D eigenvalue weighted by Crippen LogP contribution is 2.23. The van der Waals surface area contributed by atoms with E-state index in [0.29, 0.717) is 5.56 Å². The number of rotatable bonds is 6. The highest BCUT2D eigenvalue weighted by atomic mass is 19.4. The molecule has 1 amide bonds. The highest BCUT2D eigenvalue weighted by molar-refractivity contribution is 5.78. The summed E-state index contributed by atoms with van der Waals surface area (Å²) < 4.78 is 53.3. The molecule has 1 heterocycles. The van der Waals surface area contributed by atoms with Crippen LogP contribution in [0, 0.1) is 5.82 Å². The van der Waals surface area contributed by atoms with Crippen LogP contribution in [0.15, 0.2) is 48.5 Å². The first-order valence-corrected chi connectivity index (χ1v) is 9.38. The fourth-order valence-corrected chi connectivity index (χ4v) is 3.36. The number of amides is 1. The molecule has 156 valence electrons. The van der Waals surface area contributed by atoms with Gasteiger partial charge in [-0.2, -0.15) is 0 Å². The van der Waals surface area contributed by atoms with Gasteiger partial charge in [-0.3, -0.25) is 9.69 Å². The Balaban J connectivity index is 1.41. The van der Waals surface area contributed by atoms with Gasteiger partial charge in [-0.05, 0) is 48.2 Å². The lowest BCUT2D eigenvalue weighted by Crippen LogP contribution is -2.44. The van der Waals surface area contributed by atoms with E-state index in [4.69, 9.17) is 0 Å². The van der Waals surface area contributed by atoms with E-state index in [1.54, 1.807) is 12.1 Å². The molecule has 0 spiro atoms. The van der Waals surface area contributed by atoms with E-state index < -0.39 is 6.36 Å². The number of hydrogen-bond donors (Lipinski definition) is 1. The summed E-state index contributed by atoms with van der Waals surface area (Å²) in [5.74, 6) is -0.723. The Labute approximate surface area is 166 Å². The van der Waals surface area contributed by atoms with Crippen LogP contribution in [-0.4, -0.2) is 36.3 Å². The van der Waals surface area contributed by atoms with Crippen LogP contribution in [0.4, 0.5) is 17.6 Å². The molecular formula is C21H22F4N2O2. The summed E-state index contributed by atoms with van der Waals surface area (Å²) in [5, 5.41) is 2.99. The average Bonchev–Trinajstić information content (AvgIpc) is 2.66. The molecule has 4 nitrogen and oxygen atoms in total. The largest absolute Gasteiger partial charge is 0.573 e. The molecule has 0 bridgehead atoms. The molecule has 29 heavy (non-hydrogen) atoms. The van der Waals surface area contributed by atoms with E-state index in [-0.39, 0.29) is 29.9 Å². The van der Waals surface area contributed by atoms with Gasteiger partial charge in [0.05, 0.1) is 6.42 Å². The molecule has 1 N–H and O–H groups in total. The molecule has 3 rings (SSSR count). The van der Waals surface area contributed by atoms with Gasteiger partial charge in [0.15, 0.2) is 0 Å². The van der Waals surface area contributed by atoms with Crippen LogP contribution in [0.2, 0.25) is 0 Å². The lowest BCUT2D eigenvalue weighted by molar-refractivity contribution is -0.274. The minimum absolute atomic E-state index is 0.0693. The van der Waals surface area contributed by atoms with Crippen molar-refractivity contribution in [3.63, 3.8) is 0 Å². The van der Waals surface area contributed by atoms with Crippen molar-refractivity contribution in [1.29, 1.82) is 0 Å². The maximum absolute atomic E-state index is 13.0. The van der Waals surface area contributed by atoms with Gasteiger partial charge in [-0.15, -0.1) is 13.2 Å². The number of alkyl halides is 3. The van der Waals surface area contributed by atoms with Crippen molar-refractivity contribution >= 4 is 5.91 Å². The molecule has 0 atom stereocenters. The number of benzene rings is 2. The molecule has 2 aromatic rings. The molecule has 0 aromatic heterocycles. The fourth-order valence-electron chi connectivity index (χ4n) is 3.36. The monoisotopic (exact) mass is 410 g/mol. The van der Waals surface area contributed by atoms with Crippen LogP contribution in [-0.2, 0) is 17.8 Å². The number of carbonyl (C=O) groups is 1. The third kappa shape index (κ3) is 7.05. The third-order valence-electron chi connectivity index (χ3n) is 4.79. The van der Waals surface area contributed by atoms with Crippen molar-refractivity contribution in [1.82, 2.24) is 10.2 Å². The van der Waals surface area contributed by atoms with Gasteiger partial charge < -0.3 is 10.1 Å². The quantitative estimate of drug-likeness (QED) is 0.731. The van der Waals surface area contributed by atoms with Gasteiger partial charge >= 0.3 is 6.36 Å². The van der Waals surface area contributed by atoms with Crippen LogP contribution in [0.1, 0.15) is 24.0 Å². The molecule has 2 aromatic carbocycles. The summed E-state index contributed by atoms with van der Waals surface area (Å²) >= 11 is 0. The molecule has 0 unspecified atom stereocenters. The predicted octanol–water partition coefficient (Wildman–Crippen LogP) is 4.05. The molecule has 0 radical (unpaired) electrons. The van der Waals surface area contributed by atoms with E-state index >= 15 is 0 Å². The molecule has 0 saturated carbocycles. The summed E-state index contributed by atoms with van der Waals surface area (Å²) in [6, 6.07) is 11.8. The molecule has 8 heteroatoms. The number of likely N-dealkylation sites (tertiary alicyclic amines) is 1. The Morgan fingerprint density at radius 2 is 1.59 bits per heavy atom. The molecule has 1 saturated heterocycles. The zero-order chi connectivity index (χ0) is 20.9. The van der Waals surface area contributed by atoms with Gasteiger partial charge in [0, 0.05) is 25.7 Å². The Hall–Kier alpha value is -2.61. The fraction of sp³-hybridized carbons (Fsp3) is 0.381. The summed E-state index contributed by atoms with van der Waals surface area (Å²) in [5.41, 5.74) is 1.66. The smallest absolute Gasteiger partial charge is 0.406 e. The molecule has 0 aliphatic carbocycles. The van der Waals surface area contributed by atoms with Crippen LogP contribution in [0.5, 0.6) is 5.75 Å². The second-order valence-corrected chi connectivity index (χ2v) is 7.11. The van der Waals surface area contributed by atoms with E-state index in [1.807, 2.05) is 0 Å². The highest BCUT2D eigenvalue weighted by Gasteiger charge is 2.31. The minimum atomic E-state index is -4.73. The Morgan fingerprint density at radius 1 is 1.00 bits per heavy atom. The van der Waals surface area contributed by atoms with Crippen molar-refractivity contribution in [2.75, 3.05) is 13.1 Å². The number of nitrogens with one attached hydrogen (secondary N) is 1. The SMILES string of the molecule is O=C(Cc1ccc(OC(F)(F)F)cc1)NC1CCN(Cc2ccc(F)cc2)CC1. The zero-order valence-electron chi connectivity index (χ0n) is 15.7. The van der Waals surface area contributed by atoms with Gasteiger partial charge in [0.2, 0.25) is 5.91 Å². The Morgan fingerprint density at radius 3 is 2.17 bits per heavy atom. The number of ether oxygens (including phenoxy) is 1. The normalized spacial score (nSPS) is 15.9. The molecule has 1 aliphatic rings. The van der Waals surface area contributed by atoms with Crippen LogP contribution in [0.25, 0.3) is 0 Å². The van der Waals surface area contributed by atoms with E-state index in [1.165, 1.54) is 36.4 Å². The van der Waals surface area contributed by atoms with E-state index in [2.05, 4.69) is 15.0 Å². The van der Waals surface area contributed by atoms with Crippen molar-refractivity contribution in [2.24, 2.45) is 0 Å². The maximum atomic E-state index is 13.0. The standard InChI is InChI=1S/C21H22F4N2O2/c22-17-5-1-16(2-6-17)14-27-11-9-18(10-12-27)26-20(28)13-15-3-7-19(8-4-15)29-21(23,24)25/h1-8,18H,9-14H2,(H,26,28). The first kappa shape index (κ1) is 21.1. The van der Waals surface area contributed by atoms with Gasteiger partial charge in [-0.1, -0.05) is 24.3 Å². The first-order chi connectivity index (χ1) is 13.8. The molecule has 1 fully saturated rings. The molecular weight excluding hydrogens is 388 g/mol. The average molecular weight is 410 g/mol. The summed E-state index contributed by atoms with van der Waals surface area (Å²) in [7, 11) is 0. The second-order valence-electron chi connectivity index (χ2n) is 7.11. The minimum Gasteiger partial charge on any atom is -0.406 e. The van der Waals surface area contributed by atoms with Crippen LogP contribution >= 0.6 is 0 Å². The lowest BCUT2D eigenvalue weighted by atomic mass is 10.0. The van der Waals surface area contributed by atoms with Crippen molar-refractivity contribution in [3.8, 4) is 5.75 Å². The third-order valence-corrected chi connectivity index (χ3v) is 4.79. The van der Waals surface area contributed by atoms with Crippen LogP contribution in [0.3, 0.4) is 0 Å². The lowest BCUT2D eigenvalue weighted by Gasteiger charge is -2.32. The number of piperidine rings is 1. The van der Waals surface area contributed by atoms with Gasteiger partial charge in [-0.25, -0.2) is 4.39 Å². The zero-order valence-corrected chi connectivity index (χ0v) is 15.7. The topological polar surface area (TPSA) is 41.6 Å². The maximum Gasteiger partial charge on any atom is 0.573 e. The van der Waals surface area contributed by atoms with Gasteiger partial charge in [0.25, 0.3) is 0 Å². The summed E-state index contributed by atoms with van der Waals surface area (Å²) in [6.45, 7) is 2.39. The van der Waals surface area contributed by atoms with Crippen LogP contribution < -0.4 is 10.1 Å². The number of carbonyl (C=O) groups excluding carboxylic acids is 1. The Bertz CT molecular complexity index is 799. The predicted molar refractivity (Wildman–Crippen MR) is 99.7 cm³/mol. The van der Waals surface area contributed by atoms with Crippen molar-refractivity contribution in [2.45, 2.75) is 38.2 Å². The summed E-state index contributed by atoms with van der Waals surface area (Å²) in [6.07, 6.45) is -3.01. The number of hydrogen-bond acceptors (Lipinski definition) is 3. The van der Waals surface area contributed by atoms with Crippen molar-refractivity contribution < 1.29 is 27.1 Å². The van der Waals surface area contributed by atoms with Gasteiger partial charge in [0.1, 0.15) is 11.6 Å². The number of halogens is 4. The molecule has 1 aliphatic heterocycles.